The van der Waals surface area contributed by atoms with Gasteiger partial charge in [0.25, 0.3) is 0 Å². The molecule has 0 atom stereocenters. The van der Waals surface area contributed by atoms with Crippen molar-refractivity contribution in [1.29, 1.82) is 0 Å². The summed E-state index contributed by atoms with van der Waals surface area (Å²) in [6, 6.07) is 14.4. The molecule has 1 rings (SSSR count). The minimum absolute atomic E-state index is 0.507. The molecule has 0 aliphatic heterocycles. The van der Waals surface area contributed by atoms with E-state index in [0.29, 0.717) is 11.4 Å². The van der Waals surface area contributed by atoms with Crippen molar-refractivity contribution in [3.05, 3.63) is 48.5 Å². The minimum Gasteiger partial charge on any atom is -0.444 e. The van der Waals surface area contributed by atoms with Crippen molar-refractivity contribution in [1.82, 2.24) is 0 Å². The monoisotopic (exact) mass is 260 g/mol. The van der Waals surface area contributed by atoms with Gasteiger partial charge < -0.3 is 10.5 Å². The summed E-state index contributed by atoms with van der Waals surface area (Å²) in [7, 11) is 0. The van der Waals surface area contributed by atoms with Crippen LogP contribution in [-0.4, -0.2) is 11.7 Å². The summed E-state index contributed by atoms with van der Waals surface area (Å²) in [5, 5.41) is 2.66. The Kier molecular flexibility index (Phi) is 5.18. The number of carbonyl (C=O) groups excluding carboxylic acids is 1. The number of amides is 1. The molecule has 1 aromatic carbocycles. The fourth-order valence-corrected chi connectivity index (χ4v) is 1.29. The molecule has 0 radical (unpaired) electrons. The quantitative estimate of drug-likeness (QED) is 0.808. The third-order valence-corrected chi connectivity index (χ3v) is 1.98. The lowest BCUT2D eigenvalue weighted by Gasteiger charge is -2.19. The first-order valence-electron chi connectivity index (χ1n) is 6.06. The summed E-state index contributed by atoms with van der Waals surface area (Å²) in [6.45, 7) is 5.43. The average Bonchev–Trinajstić information content (AvgIpc) is 2.24. The van der Waals surface area contributed by atoms with Crippen molar-refractivity contribution >= 4 is 17.5 Å². The molecule has 4 nitrogen and oxygen atoms in total. The Morgan fingerprint density at radius 1 is 1.11 bits per heavy atom. The van der Waals surface area contributed by atoms with Gasteiger partial charge in [-0.3, -0.25) is 5.32 Å². The molecule has 3 N–H and O–H groups in total. The number of rotatable bonds is 1. The fraction of sp³-hybridized carbons (Fsp3) is 0.267. The van der Waals surface area contributed by atoms with Crippen LogP contribution in [0.2, 0.25) is 0 Å². The normalized spacial score (nSPS) is 10.3. The molecule has 1 amide bonds. The second kappa shape index (κ2) is 6.64. The van der Waals surface area contributed by atoms with E-state index in [4.69, 9.17) is 10.5 Å². The Morgan fingerprint density at radius 2 is 1.68 bits per heavy atom. The van der Waals surface area contributed by atoms with Crippen molar-refractivity contribution in [2.45, 2.75) is 26.4 Å². The molecule has 0 aliphatic carbocycles. The van der Waals surface area contributed by atoms with Crippen molar-refractivity contribution in [2.75, 3.05) is 11.1 Å². The van der Waals surface area contributed by atoms with E-state index >= 15 is 0 Å². The van der Waals surface area contributed by atoms with Crippen molar-refractivity contribution in [3.63, 3.8) is 0 Å². The van der Waals surface area contributed by atoms with Crippen LogP contribution >= 0.6 is 0 Å². The van der Waals surface area contributed by atoms with Crippen LogP contribution in [-0.2, 0) is 4.74 Å². The topological polar surface area (TPSA) is 64.3 Å². The highest BCUT2D eigenvalue weighted by atomic mass is 16.6. The standard InChI is InChI=1S/C15H20N2O2/c1-15(2,3)19-14(18)17-13-10-8-6-4-5-7-9-12(16)11-13/h4-11H,16H2,1-3H3,(H,17,18). The van der Waals surface area contributed by atoms with E-state index in [9.17, 15) is 4.79 Å². The summed E-state index contributed by atoms with van der Waals surface area (Å²) >= 11 is 0. The second-order valence-corrected chi connectivity index (χ2v) is 5.02. The van der Waals surface area contributed by atoms with Gasteiger partial charge in [-0.05, 0) is 39.0 Å². The van der Waals surface area contributed by atoms with Crippen LogP contribution in [0.1, 0.15) is 20.8 Å². The maximum Gasteiger partial charge on any atom is 0.412 e. The summed E-state index contributed by atoms with van der Waals surface area (Å²) < 4.78 is 5.19. The maximum atomic E-state index is 11.7. The van der Waals surface area contributed by atoms with Crippen LogP contribution in [0, 0.1) is 0 Å². The Bertz CT molecular complexity index is 492. The predicted octanol–water partition coefficient (Wildman–Crippen LogP) is 3.74. The highest BCUT2D eigenvalue weighted by Gasteiger charge is 2.15. The molecule has 0 saturated heterocycles. The lowest BCUT2D eigenvalue weighted by molar-refractivity contribution is 0.0636. The highest BCUT2D eigenvalue weighted by molar-refractivity contribution is 5.85. The Hall–Kier alpha value is -2.23. The molecule has 0 bridgehead atoms. The number of nitrogen functional groups attached to an aromatic ring is 1. The molecule has 0 aromatic heterocycles. The minimum atomic E-state index is -0.533. The van der Waals surface area contributed by atoms with E-state index < -0.39 is 11.7 Å². The zero-order valence-corrected chi connectivity index (χ0v) is 11.5. The van der Waals surface area contributed by atoms with Gasteiger partial charge in [-0.25, -0.2) is 4.79 Å². The number of nitrogens with two attached hydrogens (primary N) is 1. The molecule has 0 fully saturated rings. The number of anilines is 2. The predicted molar refractivity (Wildman–Crippen MR) is 78.3 cm³/mol. The summed E-state index contributed by atoms with van der Waals surface area (Å²) in [5.74, 6) is 0. The van der Waals surface area contributed by atoms with Gasteiger partial charge in [0.1, 0.15) is 5.60 Å². The van der Waals surface area contributed by atoms with Crippen molar-refractivity contribution in [3.8, 4) is 0 Å². The first-order valence-corrected chi connectivity index (χ1v) is 6.06. The van der Waals surface area contributed by atoms with E-state index in [1.165, 1.54) is 0 Å². The molecule has 1 aromatic rings. The van der Waals surface area contributed by atoms with E-state index in [0.717, 1.165) is 0 Å². The molecule has 4 heteroatoms. The molecule has 0 heterocycles. The van der Waals surface area contributed by atoms with Gasteiger partial charge in [-0.15, -0.1) is 0 Å². The fourth-order valence-electron chi connectivity index (χ4n) is 1.29. The second-order valence-electron chi connectivity index (χ2n) is 5.02. The molecule has 0 spiro atoms. The van der Waals surface area contributed by atoms with Gasteiger partial charge in [0.2, 0.25) is 0 Å². The number of ether oxygens (including phenoxy) is 1. The number of hydrogen-bond acceptors (Lipinski definition) is 3. The third kappa shape index (κ3) is 6.93. The van der Waals surface area contributed by atoms with E-state index in [1.807, 2.05) is 51.1 Å². The number of nitrogens with one attached hydrogen (secondary N) is 1. The van der Waals surface area contributed by atoms with E-state index in [-0.39, 0.29) is 0 Å². The van der Waals surface area contributed by atoms with Crippen molar-refractivity contribution < 1.29 is 9.53 Å². The van der Waals surface area contributed by atoms with E-state index in [2.05, 4.69) is 5.32 Å². The van der Waals surface area contributed by atoms with Crippen LogP contribution in [0.3, 0.4) is 0 Å². The third-order valence-electron chi connectivity index (χ3n) is 1.98. The lowest BCUT2D eigenvalue weighted by Crippen LogP contribution is -2.27. The Labute approximate surface area is 113 Å². The lowest BCUT2D eigenvalue weighted by atomic mass is 10.2. The van der Waals surface area contributed by atoms with Crippen LogP contribution in [0.15, 0.2) is 48.5 Å². The highest BCUT2D eigenvalue weighted by Crippen LogP contribution is 2.12. The molecular formula is C15H20N2O2. The van der Waals surface area contributed by atoms with Gasteiger partial charge in [-0.1, -0.05) is 30.3 Å². The smallest absolute Gasteiger partial charge is 0.412 e. The summed E-state index contributed by atoms with van der Waals surface area (Å²) in [5.41, 5.74) is 6.38. The van der Waals surface area contributed by atoms with Gasteiger partial charge >= 0.3 is 6.09 Å². The van der Waals surface area contributed by atoms with Gasteiger partial charge in [-0.2, -0.15) is 0 Å². The zero-order chi connectivity index (χ0) is 14.3. The van der Waals surface area contributed by atoms with Gasteiger partial charge in [0.15, 0.2) is 0 Å². The molecular weight excluding hydrogens is 240 g/mol. The molecule has 0 saturated carbocycles. The maximum absolute atomic E-state index is 11.7. The van der Waals surface area contributed by atoms with Crippen LogP contribution in [0.4, 0.5) is 16.2 Å². The number of carbonyl (C=O) groups is 1. The molecule has 102 valence electrons. The average molecular weight is 260 g/mol. The molecule has 0 unspecified atom stereocenters. The molecule has 19 heavy (non-hydrogen) atoms. The molecule has 0 aliphatic rings. The van der Waals surface area contributed by atoms with Gasteiger partial charge in [0.05, 0.1) is 0 Å². The largest absolute Gasteiger partial charge is 0.444 e. The van der Waals surface area contributed by atoms with Crippen LogP contribution in [0.25, 0.3) is 0 Å². The Balaban J connectivity index is 2.95. The summed E-state index contributed by atoms with van der Waals surface area (Å²) in [4.78, 5) is 11.7. The van der Waals surface area contributed by atoms with Crippen molar-refractivity contribution in [2.24, 2.45) is 0 Å². The SMILES string of the molecule is CC(C)(C)OC(=O)Nc1cccccccc(N)c1. The first kappa shape index (κ1) is 14.8. The first-order chi connectivity index (χ1) is 8.87. The number of hydrogen-bond donors (Lipinski definition) is 2. The zero-order valence-electron chi connectivity index (χ0n) is 11.5. The van der Waals surface area contributed by atoms with Crippen LogP contribution in [0.5, 0.6) is 0 Å². The Morgan fingerprint density at radius 3 is 2.32 bits per heavy atom. The van der Waals surface area contributed by atoms with Gasteiger partial charge in [0, 0.05) is 11.4 Å². The summed E-state index contributed by atoms with van der Waals surface area (Å²) in [6.07, 6.45) is -0.507. The van der Waals surface area contributed by atoms with Crippen LogP contribution < -0.4 is 11.1 Å². The van der Waals surface area contributed by atoms with E-state index in [1.54, 1.807) is 18.2 Å².